The number of carbonyl (C=O) groups excluding carboxylic acids is 2. The first-order valence-electron chi connectivity index (χ1n) is 8.56. The van der Waals surface area contributed by atoms with Gasteiger partial charge in [-0.15, -0.1) is 0 Å². The van der Waals surface area contributed by atoms with Crippen LogP contribution >= 0.6 is 0 Å². The van der Waals surface area contributed by atoms with Crippen LogP contribution in [-0.2, 0) is 14.8 Å². The smallest absolute Gasteiger partial charge is 0.250 e. The molecular formula is C18H21N5O4S. The molecule has 0 saturated carbocycles. The molecular weight excluding hydrogens is 382 g/mol. The minimum Gasteiger partial charge on any atom is -0.366 e. The summed E-state index contributed by atoms with van der Waals surface area (Å²) < 4.78 is 28.1. The lowest BCUT2D eigenvalue weighted by atomic mass is 10.0. The Bertz CT molecular complexity index is 963. The molecule has 0 bridgehead atoms. The summed E-state index contributed by atoms with van der Waals surface area (Å²) in [5.41, 5.74) is 11.8. The fourth-order valence-electron chi connectivity index (χ4n) is 2.97. The summed E-state index contributed by atoms with van der Waals surface area (Å²) in [5, 5.41) is 1.51. The molecule has 3 rings (SSSR count). The standard InChI is InChI=1S/C18H21N5O4S/c1-11-15(17(25)20-13-9-7-12(8-10-13)16(19)24)18(22-21-11)28(26,27)23-14-5-3-2-4-6-14/h2-11,15,18,21-23H,1H3,(H2,19,24)(H,20,25). The summed E-state index contributed by atoms with van der Waals surface area (Å²) in [5.74, 6) is -1.94. The van der Waals surface area contributed by atoms with Crippen LogP contribution in [0.2, 0.25) is 0 Å². The largest absolute Gasteiger partial charge is 0.366 e. The van der Waals surface area contributed by atoms with E-state index in [1.54, 1.807) is 37.3 Å². The zero-order valence-corrected chi connectivity index (χ0v) is 15.9. The number of nitrogens with one attached hydrogen (secondary N) is 4. The van der Waals surface area contributed by atoms with Crippen LogP contribution in [-0.4, -0.2) is 31.6 Å². The molecule has 2 aromatic carbocycles. The zero-order chi connectivity index (χ0) is 20.3. The lowest BCUT2D eigenvalue weighted by Gasteiger charge is -2.21. The Morgan fingerprint density at radius 2 is 1.61 bits per heavy atom. The number of para-hydroxylation sites is 1. The van der Waals surface area contributed by atoms with Gasteiger partial charge in [0.25, 0.3) is 10.0 Å². The van der Waals surface area contributed by atoms with Gasteiger partial charge in [0.2, 0.25) is 11.8 Å². The second-order valence-electron chi connectivity index (χ2n) is 6.47. The molecule has 28 heavy (non-hydrogen) atoms. The van der Waals surface area contributed by atoms with E-state index in [1.165, 1.54) is 24.3 Å². The van der Waals surface area contributed by atoms with E-state index in [0.717, 1.165) is 0 Å². The van der Waals surface area contributed by atoms with Crippen molar-refractivity contribution < 1.29 is 18.0 Å². The van der Waals surface area contributed by atoms with Gasteiger partial charge in [-0.05, 0) is 43.3 Å². The Labute approximate surface area is 162 Å². The third kappa shape index (κ3) is 4.30. The van der Waals surface area contributed by atoms with Crippen molar-refractivity contribution in [1.82, 2.24) is 10.9 Å². The topological polar surface area (TPSA) is 142 Å². The molecule has 10 heteroatoms. The van der Waals surface area contributed by atoms with Crippen molar-refractivity contribution in [3.8, 4) is 0 Å². The van der Waals surface area contributed by atoms with Gasteiger partial charge in [0.05, 0.1) is 5.92 Å². The summed E-state index contributed by atoms with van der Waals surface area (Å²) in [7, 11) is -3.90. The van der Waals surface area contributed by atoms with E-state index in [9.17, 15) is 18.0 Å². The second kappa shape index (κ2) is 7.97. The highest BCUT2D eigenvalue weighted by atomic mass is 32.2. The second-order valence-corrected chi connectivity index (χ2v) is 8.27. The van der Waals surface area contributed by atoms with Gasteiger partial charge in [-0.25, -0.2) is 13.8 Å². The summed E-state index contributed by atoms with van der Waals surface area (Å²) >= 11 is 0. The Hall–Kier alpha value is -2.95. The zero-order valence-electron chi connectivity index (χ0n) is 15.0. The van der Waals surface area contributed by atoms with Gasteiger partial charge in [0.1, 0.15) is 0 Å². The minimum atomic E-state index is -3.90. The van der Waals surface area contributed by atoms with E-state index in [0.29, 0.717) is 16.9 Å². The summed E-state index contributed by atoms with van der Waals surface area (Å²) in [4.78, 5) is 23.9. The Balaban J connectivity index is 1.76. The van der Waals surface area contributed by atoms with Gasteiger partial charge in [0, 0.05) is 23.0 Å². The van der Waals surface area contributed by atoms with Crippen LogP contribution in [0.15, 0.2) is 54.6 Å². The van der Waals surface area contributed by atoms with Gasteiger partial charge in [0.15, 0.2) is 5.37 Å². The molecule has 1 fully saturated rings. The number of hydrazine groups is 1. The lowest BCUT2D eigenvalue weighted by molar-refractivity contribution is -0.119. The number of nitrogens with two attached hydrogens (primary N) is 1. The molecule has 3 atom stereocenters. The molecule has 1 aliphatic heterocycles. The van der Waals surface area contributed by atoms with E-state index in [2.05, 4.69) is 20.9 Å². The van der Waals surface area contributed by atoms with E-state index in [4.69, 9.17) is 5.73 Å². The highest BCUT2D eigenvalue weighted by Gasteiger charge is 2.46. The maximum absolute atomic E-state index is 12.8. The Morgan fingerprint density at radius 1 is 0.964 bits per heavy atom. The average Bonchev–Trinajstić information content (AvgIpc) is 3.05. The van der Waals surface area contributed by atoms with Crippen molar-refractivity contribution in [1.29, 1.82) is 0 Å². The maximum Gasteiger partial charge on any atom is 0.250 e. The van der Waals surface area contributed by atoms with E-state index >= 15 is 0 Å². The molecule has 0 spiro atoms. The minimum absolute atomic E-state index is 0.308. The highest BCUT2D eigenvalue weighted by molar-refractivity contribution is 7.93. The van der Waals surface area contributed by atoms with Gasteiger partial charge < -0.3 is 11.1 Å². The van der Waals surface area contributed by atoms with Gasteiger partial charge in [-0.2, -0.15) is 0 Å². The molecule has 2 aromatic rings. The lowest BCUT2D eigenvalue weighted by Crippen LogP contribution is -2.45. The Morgan fingerprint density at radius 3 is 2.21 bits per heavy atom. The highest BCUT2D eigenvalue weighted by Crippen LogP contribution is 2.23. The van der Waals surface area contributed by atoms with Crippen LogP contribution in [0.25, 0.3) is 0 Å². The monoisotopic (exact) mass is 403 g/mol. The first kappa shape index (κ1) is 19.8. The molecule has 1 heterocycles. The van der Waals surface area contributed by atoms with E-state index in [1.807, 2.05) is 0 Å². The van der Waals surface area contributed by atoms with Gasteiger partial charge >= 0.3 is 0 Å². The number of hydrogen-bond donors (Lipinski definition) is 5. The predicted molar refractivity (Wildman–Crippen MR) is 106 cm³/mol. The number of benzene rings is 2. The molecule has 3 unspecified atom stereocenters. The molecule has 2 amide bonds. The van der Waals surface area contributed by atoms with E-state index in [-0.39, 0.29) is 0 Å². The summed E-state index contributed by atoms with van der Waals surface area (Å²) in [6.45, 7) is 1.71. The number of carbonyl (C=O) groups is 2. The SMILES string of the molecule is CC1NNC(S(=O)(=O)Nc2ccccc2)C1C(=O)Nc1ccc(C(N)=O)cc1. The maximum atomic E-state index is 12.8. The summed E-state index contributed by atoms with van der Waals surface area (Å²) in [6.07, 6.45) is 0. The number of sulfonamides is 1. The predicted octanol–water partition coefficient (Wildman–Crippen LogP) is 0.605. The molecule has 0 aromatic heterocycles. The summed E-state index contributed by atoms with van der Waals surface area (Å²) in [6, 6.07) is 14.0. The third-order valence-corrected chi connectivity index (χ3v) is 6.03. The van der Waals surface area contributed by atoms with Crippen LogP contribution in [0, 0.1) is 5.92 Å². The van der Waals surface area contributed by atoms with Crippen LogP contribution < -0.4 is 26.6 Å². The molecule has 148 valence electrons. The first-order valence-corrected chi connectivity index (χ1v) is 10.1. The van der Waals surface area contributed by atoms with Crippen LogP contribution in [0.5, 0.6) is 0 Å². The normalized spacial score (nSPS) is 21.8. The number of rotatable bonds is 6. The van der Waals surface area contributed by atoms with Crippen LogP contribution in [0.3, 0.4) is 0 Å². The van der Waals surface area contributed by atoms with Crippen molar-refractivity contribution in [3.63, 3.8) is 0 Å². The number of primary amides is 1. The molecule has 0 radical (unpaired) electrons. The molecule has 1 saturated heterocycles. The number of hydrogen-bond acceptors (Lipinski definition) is 6. The van der Waals surface area contributed by atoms with Crippen molar-refractivity contribution in [2.45, 2.75) is 18.3 Å². The quantitative estimate of drug-likeness (QED) is 0.478. The average molecular weight is 403 g/mol. The number of anilines is 2. The first-order chi connectivity index (χ1) is 13.3. The Kier molecular flexibility index (Phi) is 5.63. The molecule has 9 nitrogen and oxygen atoms in total. The molecule has 0 aliphatic carbocycles. The molecule has 1 aliphatic rings. The van der Waals surface area contributed by atoms with Crippen LogP contribution in [0.4, 0.5) is 11.4 Å². The van der Waals surface area contributed by atoms with Crippen LogP contribution in [0.1, 0.15) is 17.3 Å². The third-order valence-electron chi connectivity index (χ3n) is 4.43. The number of amides is 2. The fourth-order valence-corrected chi connectivity index (χ4v) is 4.53. The van der Waals surface area contributed by atoms with Crippen molar-refractivity contribution in [2.24, 2.45) is 11.7 Å². The van der Waals surface area contributed by atoms with Gasteiger partial charge in [-0.3, -0.25) is 19.7 Å². The molecule has 6 N–H and O–H groups in total. The van der Waals surface area contributed by atoms with Crippen molar-refractivity contribution >= 4 is 33.2 Å². The van der Waals surface area contributed by atoms with Crippen molar-refractivity contribution in [3.05, 3.63) is 60.2 Å². The fraction of sp³-hybridized carbons (Fsp3) is 0.222. The van der Waals surface area contributed by atoms with Gasteiger partial charge in [-0.1, -0.05) is 18.2 Å². The van der Waals surface area contributed by atoms with E-state index < -0.39 is 39.2 Å². The van der Waals surface area contributed by atoms with Crippen molar-refractivity contribution in [2.75, 3.05) is 10.0 Å².